The van der Waals surface area contributed by atoms with Crippen LogP contribution in [0.3, 0.4) is 0 Å². The van der Waals surface area contributed by atoms with Gasteiger partial charge < -0.3 is 19.6 Å². The predicted octanol–water partition coefficient (Wildman–Crippen LogP) is 5.44. The van der Waals surface area contributed by atoms with Gasteiger partial charge in [0.2, 0.25) is 0 Å². The maximum absolute atomic E-state index is 13.1. The molecule has 0 bridgehead atoms. The Morgan fingerprint density at radius 2 is 1.66 bits per heavy atom. The molecule has 1 unspecified atom stereocenters. The average Bonchev–Trinajstić information content (AvgIpc) is 3.71. The number of para-hydroxylation sites is 1. The Bertz CT molecular complexity index is 1170. The van der Waals surface area contributed by atoms with Crippen molar-refractivity contribution in [2.75, 3.05) is 44.2 Å². The molecule has 1 atom stereocenters. The number of pyridine rings is 2. The van der Waals surface area contributed by atoms with E-state index in [0.717, 1.165) is 56.8 Å². The number of aliphatic hydroxyl groups excluding tert-OH is 1. The standard InChI is InChI=1S/C28H33F3N4O2.ClH/c29-28(30,31)26-9-8-24-25(33-26)10-13-32-27(24)35-14-11-21(12-15-35)17-34(16-20-6-7-20)18-22(36)19-37-23-4-2-1-3-5-23;/h1-5,8-10,13,20-22,36H,6-7,11-12,14-19H2;1H. The Balaban J connectivity index is 0.00000336. The Labute approximate surface area is 227 Å². The number of fused-ring (bicyclic) bond motifs is 1. The zero-order valence-corrected chi connectivity index (χ0v) is 22.0. The first-order valence-corrected chi connectivity index (χ1v) is 13.0. The third-order valence-corrected chi connectivity index (χ3v) is 7.18. The topological polar surface area (TPSA) is 61.7 Å². The summed E-state index contributed by atoms with van der Waals surface area (Å²) in [5, 5.41) is 11.3. The first-order chi connectivity index (χ1) is 17.8. The molecule has 1 saturated carbocycles. The van der Waals surface area contributed by atoms with E-state index < -0.39 is 18.0 Å². The minimum Gasteiger partial charge on any atom is -0.491 e. The van der Waals surface area contributed by atoms with E-state index in [1.54, 1.807) is 0 Å². The van der Waals surface area contributed by atoms with Crippen molar-refractivity contribution in [3.8, 4) is 5.75 Å². The van der Waals surface area contributed by atoms with Crippen LogP contribution in [0, 0.1) is 11.8 Å². The number of halogens is 4. The lowest BCUT2D eigenvalue weighted by Crippen LogP contribution is -2.43. The Morgan fingerprint density at radius 3 is 2.32 bits per heavy atom. The van der Waals surface area contributed by atoms with Crippen LogP contribution in [-0.2, 0) is 6.18 Å². The Hall–Kier alpha value is -2.62. The number of aromatic nitrogens is 2. The van der Waals surface area contributed by atoms with E-state index in [1.807, 2.05) is 30.3 Å². The number of alkyl halides is 3. The van der Waals surface area contributed by atoms with Gasteiger partial charge in [0, 0.05) is 44.3 Å². The third-order valence-electron chi connectivity index (χ3n) is 7.18. The summed E-state index contributed by atoms with van der Waals surface area (Å²) in [6, 6.07) is 13.6. The quantitative estimate of drug-likeness (QED) is 0.363. The van der Waals surface area contributed by atoms with Crippen molar-refractivity contribution in [1.29, 1.82) is 0 Å². The smallest absolute Gasteiger partial charge is 0.433 e. The molecule has 38 heavy (non-hydrogen) atoms. The van der Waals surface area contributed by atoms with Gasteiger partial charge in [0.15, 0.2) is 0 Å². The molecule has 0 amide bonds. The van der Waals surface area contributed by atoms with E-state index in [2.05, 4.69) is 19.8 Å². The number of aliphatic hydroxyl groups is 1. The van der Waals surface area contributed by atoms with Crippen LogP contribution >= 0.6 is 12.4 Å². The summed E-state index contributed by atoms with van der Waals surface area (Å²) in [7, 11) is 0. The average molecular weight is 551 g/mol. The molecule has 206 valence electrons. The molecule has 10 heteroatoms. The second-order valence-corrected chi connectivity index (χ2v) is 10.3. The van der Waals surface area contributed by atoms with Crippen molar-refractivity contribution in [3.05, 3.63) is 60.4 Å². The number of anilines is 1. The van der Waals surface area contributed by atoms with Crippen LogP contribution in [-0.4, -0.2) is 65.4 Å². The summed E-state index contributed by atoms with van der Waals surface area (Å²) in [5.41, 5.74) is -0.577. The van der Waals surface area contributed by atoms with E-state index in [4.69, 9.17) is 4.74 Å². The lowest BCUT2D eigenvalue weighted by molar-refractivity contribution is -0.140. The van der Waals surface area contributed by atoms with Crippen LogP contribution in [0.2, 0.25) is 0 Å². The second kappa shape index (κ2) is 12.5. The summed E-state index contributed by atoms with van der Waals surface area (Å²) >= 11 is 0. The molecule has 1 saturated heterocycles. The fraction of sp³-hybridized carbons (Fsp3) is 0.500. The summed E-state index contributed by atoms with van der Waals surface area (Å²) in [6.45, 7) is 4.35. The summed E-state index contributed by atoms with van der Waals surface area (Å²) in [5.74, 6) is 2.66. The first-order valence-electron chi connectivity index (χ1n) is 13.0. The number of benzene rings is 1. The van der Waals surface area contributed by atoms with Crippen molar-refractivity contribution < 1.29 is 23.0 Å². The first kappa shape index (κ1) is 28.4. The molecule has 1 aliphatic carbocycles. The molecule has 1 N–H and O–H groups in total. The summed E-state index contributed by atoms with van der Waals surface area (Å²) in [4.78, 5) is 12.8. The van der Waals surface area contributed by atoms with Crippen LogP contribution < -0.4 is 9.64 Å². The molecule has 2 fully saturated rings. The predicted molar refractivity (Wildman–Crippen MR) is 144 cm³/mol. The Morgan fingerprint density at radius 1 is 0.974 bits per heavy atom. The highest BCUT2D eigenvalue weighted by Crippen LogP contribution is 2.33. The van der Waals surface area contributed by atoms with Gasteiger partial charge in [0.25, 0.3) is 0 Å². The van der Waals surface area contributed by atoms with Crippen molar-refractivity contribution >= 4 is 29.1 Å². The molecule has 5 rings (SSSR count). The maximum Gasteiger partial charge on any atom is 0.433 e. The highest BCUT2D eigenvalue weighted by atomic mass is 35.5. The minimum absolute atomic E-state index is 0. The highest BCUT2D eigenvalue weighted by Gasteiger charge is 2.33. The molecular weight excluding hydrogens is 517 g/mol. The van der Waals surface area contributed by atoms with Crippen LogP contribution in [0.25, 0.3) is 10.9 Å². The van der Waals surface area contributed by atoms with Crippen LogP contribution in [0.4, 0.5) is 19.0 Å². The van der Waals surface area contributed by atoms with Gasteiger partial charge in [-0.15, -0.1) is 12.4 Å². The SMILES string of the molecule is Cl.OC(COc1ccccc1)CN(CC1CC1)CC1CCN(c2nccc3nc(C(F)(F)F)ccc23)CC1. The number of hydrogen-bond donors (Lipinski definition) is 1. The molecular formula is C28H34ClF3N4O2. The normalized spacial score (nSPS) is 17.4. The Kier molecular flexibility index (Phi) is 9.33. The molecule has 0 radical (unpaired) electrons. The fourth-order valence-corrected chi connectivity index (χ4v) is 5.09. The van der Waals surface area contributed by atoms with Gasteiger partial charge in [0.1, 0.15) is 30.0 Å². The van der Waals surface area contributed by atoms with Crippen LogP contribution in [0.1, 0.15) is 31.4 Å². The zero-order valence-electron chi connectivity index (χ0n) is 21.2. The van der Waals surface area contributed by atoms with Gasteiger partial charge in [-0.2, -0.15) is 13.2 Å². The van der Waals surface area contributed by atoms with E-state index >= 15 is 0 Å². The molecule has 1 aromatic carbocycles. The lowest BCUT2D eigenvalue weighted by atomic mass is 9.95. The molecule has 2 aromatic heterocycles. The number of hydrogen-bond acceptors (Lipinski definition) is 6. The minimum atomic E-state index is -4.47. The number of piperidine rings is 1. The molecule has 3 aromatic rings. The molecule has 6 nitrogen and oxygen atoms in total. The van der Waals surface area contributed by atoms with Gasteiger partial charge in [0.05, 0.1) is 5.52 Å². The van der Waals surface area contributed by atoms with Gasteiger partial charge in [-0.3, -0.25) is 0 Å². The van der Waals surface area contributed by atoms with E-state index in [9.17, 15) is 18.3 Å². The highest BCUT2D eigenvalue weighted by molar-refractivity contribution is 5.89. The molecule has 3 heterocycles. The third kappa shape index (κ3) is 7.48. The fourth-order valence-electron chi connectivity index (χ4n) is 5.09. The van der Waals surface area contributed by atoms with Crippen LogP contribution in [0.5, 0.6) is 5.75 Å². The molecule has 0 spiro atoms. The second-order valence-electron chi connectivity index (χ2n) is 10.3. The van der Waals surface area contributed by atoms with Crippen molar-refractivity contribution in [2.45, 2.75) is 38.0 Å². The van der Waals surface area contributed by atoms with E-state index in [1.165, 1.54) is 31.2 Å². The van der Waals surface area contributed by atoms with E-state index in [0.29, 0.717) is 29.2 Å². The number of rotatable bonds is 10. The van der Waals surface area contributed by atoms with Crippen molar-refractivity contribution in [2.24, 2.45) is 11.8 Å². The van der Waals surface area contributed by atoms with Gasteiger partial charge in [-0.1, -0.05) is 18.2 Å². The van der Waals surface area contributed by atoms with Crippen LogP contribution in [0.15, 0.2) is 54.7 Å². The summed E-state index contributed by atoms with van der Waals surface area (Å²) in [6.07, 6.45) is 0.933. The molecule has 1 aliphatic heterocycles. The number of nitrogens with zero attached hydrogens (tertiary/aromatic N) is 4. The lowest BCUT2D eigenvalue weighted by Gasteiger charge is -2.36. The van der Waals surface area contributed by atoms with Crippen molar-refractivity contribution in [1.82, 2.24) is 14.9 Å². The zero-order chi connectivity index (χ0) is 25.8. The maximum atomic E-state index is 13.1. The van der Waals surface area contributed by atoms with Gasteiger partial charge in [-0.05, 0) is 67.9 Å². The largest absolute Gasteiger partial charge is 0.491 e. The monoisotopic (exact) mass is 550 g/mol. The number of ether oxygens (including phenoxy) is 1. The van der Waals surface area contributed by atoms with Gasteiger partial charge in [-0.25, -0.2) is 9.97 Å². The summed E-state index contributed by atoms with van der Waals surface area (Å²) < 4.78 is 45.0. The van der Waals surface area contributed by atoms with Crippen molar-refractivity contribution in [3.63, 3.8) is 0 Å². The molecule has 2 aliphatic rings. The van der Waals surface area contributed by atoms with Gasteiger partial charge >= 0.3 is 6.18 Å². The van der Waals surface area contributed by atoms with E-state index in [-0.39, 0.29) is 19.0 Å².